The normalized spacial score (nSPS) is 44.5. The predicted molar refractivity (Wildman–Crippen MR) is 83.0 cm³/mol. The third-order valence-corrected chi connectivity index (χ3v) is 6.90. The zero-order chi connectivity index (χ0) is 16.1. The fourth-order valence-corrected chi connectivity index (χ4v) is 5.94. The molecule has 1 aromatic carbocycles. The predicted octanol–water partition coefficient (Wildman–Crippen LogP) is 1.53. The maximum Gasteiger partial charge on any atom is 0.231 e. The van der Waals surface area contributed by atoms with Gasteiger partial charge in [0.15, 0.2) is 17.3 Å². The molecule has 6 aliphatic rings. The van der Waals surface area contributed by atoms with E-state index in [4.69, 9.17) is 18.9 Å². The molecule has 5 atom stereocenters. The van der Waals surface area contributed by atoms with Gasteiger partial charge in [0.25, 0.3) is 0 Å². The number of aliphatic hydroxyl groups is 1. The van der Waals surface area contributed by atoms with E-state index in [-0.39, 0.29) is 24.4 Å². The molecule has 1 saturated carbocycles. The van der Waals surface area contributed by atoms with Crippen molar-refractivity contribution < 1.29 is 24.1 Å². The van der Waals surface area contributed by atoms with Gasteiger partial charge in [-0.25, -0.2) is 0 Å². The molecule has 7 rings (SSSR count). The summed E-state index contributed by atoms with van der Waals surface area (Å²) in [6.45, 7) is 2.17. The van der Waals surface area contributed by atoms with Gasteiger partial charge >= 0.3 is 0 Å². The average molecular weight is 331 g/mol. The largest absolute Gasteiger partial charge is 0.454 e. The first-order chi connectivity index (χ1) is 11.7. The van der Waals surface area contributed by atoms with Gasteiger partial charge in [0.1, 0.15) is 6.10 Å². The summed E-state index contributed by atoms with van der Waals surface area (Å²) >= 11 is 0. The average Bonchev–Trinajstić information content (AvgIpc) is 3.19. The smallest absolute Gasteiger partial charge is 0.231 e. The lowest BCUT2D eigenvalue weighted by Crippen LogP contribution is -2.47. The van der Waals surface area contributed by atoms with Gasteiger partial charge < -0.3 is 24.1 Å². The monoisotopic (exact) mass is 331 g/mol. The second-order valence-electron chi connectivity index (χ2n) is 7.71. The molecule has 5 aliphatic heterocycles. The number of ether oxygens (including phenoxy) is 4. The number of methoxy groups -OCH3 is 1. The number of fused-ring (bicyclic) bond motifs is 1. The van der Waals surface area contributed by atoms with E-state index in [0.717, 1.165) is 55.0 Å². The van der Waals surface area contributed by atoms with Gasteiger partial charge in [0.2, 0.25) is 6.79 Å². The van der Waals surface area contributed by atoms with Crippen molar-refractivity contribution in [2.24, 2.45) is 0 Å². The number of hydrogen-bond acceptors (Lipinski definition) is 6. The van der Waals surface area contributed by atoms with Gasteiger partial charge in [0.05, 0.1) is 6.10 Å². The summed E-state index contributed by atoms with van der Waals surface area (Å²) in [7, 11) is 1.66. The molecular weight excluding hydrogens is 310 g/mol. The third-order valence-electron chi connectivity index (χ3n) is 6.90. The van der Waals surface area contributed by atoms with Crippen molar-refractivity contribution in [3.63, 3.8) is 0 Å². The highest BCUT2D eigenvalue weighted by Gasteiger charge is 2.70. The van der Waals surface area contributed by atoms with E-state index in [0.29, 0.717) is 0 Å². The van der Waals surface area contributed by atoms with Crippen LogP contribution in [0.25, 0.3) is 0 Å². The van der Waals surface area contributed by atoms with Crippen molar-refractivity contribution in [2.75, 3.05) is 27.0 Å². The summed E-state index contributed by atoms with van der Waals surface area (Å²) < 4.78 is 23.5. The van der Waals surface area contributed by atoms with Crippen LogP contribution in [0.4, 0.5) is 0 Å². The summed E-state index contributed by atoms with van der Waals surface area (Å²) in [5.74, 6) is 0.617. The molecule has 4 bridgehead atoms. The number of nitrogens with zero attached hydrogens (tertiary/aromatic N) is 1. The first kappa shape index (κ1) is 13.9. The summed E-state index contributed by atoms with van der Waals surface area (Å²) in [6.07, 6.45) is 2.18. The third kappa shape index (κ3) is 1.39. The maximum atomic E-state index is 11.2. The van der Waals surface area contributed by atoms with Crippen molar-refractivity contribution in [1.29, 1.82) is 0 Å². The first-order valence-electron chi connectivity index (χ1n) is 8.76. The van der Waals surface area contributed by atoms with E-state index in [2.05, 4.69) is 17.0 Å². The summed E-state index contributed by atoms with van der Waals surface area (Å²) in [4.78, 5) is 2.53. The summed E-state index contributed by atoms with van der Waals surface area (Å²) in [6, 6.07) is 4.12. The Labute approximate surface area is 140 Å². The van der Waals surface area contributed by atoms with Gasteiger partial charge in [-0.2, -0.15) is 0 Å². The maximum absolute atomic E-state index is 11.2. The zero-order valence-electron chi connectivity index (χ0n) is 13.7. The number of aliphatic hydroxyl groups excluding tert-OH is 1. The molecular formula is C18H21NO5. The molecule has 1 aromatic rings. The first-order valence-corrected chi connectivity index (χ1v) is 8.76. The Morgan fingerprint density at radius 2 is 2.04 bits per heavy atom. The van der Waals surface area contributed by atoms with Gasteiger partial charge in [-0.05, 0) is 42.6 Å². The number of hydrogen-bond donors (Lipinski definition) is 1. The van der Waals surface area contributed by atoms with Crippen molar-refractivity contribution in [2.45, 2.75) is 48.7 Å². The molecule has 0 unspecified atom stereocenters. The molecule has 0 amide bonds. The van der Waals surface area contributed by atoms with Crippen LogP contribution in [0, 0.1) is 0 Å². The van der Waals surface area contributed by atoms with Crippen molar-refractivity contribution in [3.05, 3.63) is 23.3 Å². The van der Waals surface area contributed by atoms with Crippen molar-refractivity contribution in [3.8, 4) is 11.5 Å². The fourth-order valence-electron chi connectivity index (χ4n) is 5.94. The SMILES string of the molecule is CO[C@]12C[C@]34CCCN3C[C@H](O1)c1cc3c(cc1[C@@H]4[C@@H]2O)OCO3. The fraction of sp³-hybridized carbons (Fsp3) is 0.667. The van der Waals surface area contributed by atoms with Gasteiger partial charge in [0, 0.05) is 31.5 Å². The van der Waals surface area contributed by atoms with Gasteiger partial charge in [-0.3, -0.25) is 4.90 Å². The van der Waals surface area contributed by atoms with Crippen LogP contribution in [0.15, 0.2) is 12.1 Å². The molecule has 0 radical (unpaired) electrons. The Kier molecular flexibility index (Phi) is 2.46. The molecule has 0 aromatic heterocycles. The second kappa shape index (κ2) is 4.25. The summed E-state index contributed by atoms with van der Waals surface area (Å²) in [5.41, 5.74) is 2.19. The molecule has 128 valence electrons. The summed E-state index contributed by atoms with van der Waals surface area (Å²) in [5, 5.41) is 11.2. The minimum Gasteiger partial charge on any atom is -0.454 e. The van der Waals surface area contributed by atoms with E-state index >= 15 is 0 Å². The molecule has 1 aliphatic carbocycles. The van der Waals surface area contributed by atoms with Crippen LogP contribution in [0.1, 0.15) is 42.4 Å². The van der Waals surface area contributed by atoms with Crippen LogP contribution in [-0.2, 0) is 9.47 Å². The quantitative estimate of drug-likeness (QED) is 0.842. The van der Waals surface area contributed by atoms with E-state index < -0.39 is 11.9 Å². The van der Waals surface area contributed by atoms with Crippen LogP contribution in [0.2, 0.25) is 0 Å². The van der Waals surface area contributed by atoms with Crippen LogP contribution >= 0.6 is 0 Å². The van der Waals surface area contributed by atoms with E-state index in [9.17, 15) is 5.11 Å². The molecule has 6 nitrogen and oxygen atoms in total. The van der Waals surface area contributed by atoms with Crippen molar-refractivity contribution >= 4 is 0 Å². The van der Waals surface area contributed by atoms with Gasteiger partial charge in [-0.1, -0.05) is 0 Å². The topological polar surface area (TPSA) is 60.4 Å². The van der Waals surface area contributed by atoms with Crippen molar-refractivity contribution in [1.82, 2.24) is 4.90 Å². The Bertz CT molecular complexity index is 738. The van der Waals surface area contributed by atoms with Crippen LogP contribution < -0.4 is 9.47 Å². The lowest BCUT2D eigenvalue weighted by molar-refractivity contribution is -0.277. The highest BCUT2D eigenvalue weighted by molar-refractivity contribution is 5.54. The van der Waals surface area contributed by atoms with Gasteiger partial charge in [-0.15, -0.1) is 0 Å². The Hall–Kier alpha value is -1.34. The molecule has 1 spiro atoms. The molecule has 1 N–H and O–H groups in total. The lowest BCUT2D eigenvalue weighted by atomic mass is 9.78. The highest BCUT2D eigenvalue weighted by Crippen LogP contribution is 2.64. The Morgan fingerprint density at radius 3 is 2.83 bits per heavy atom. The van der Waals surface area contributed by atoms with E-state index in [1.54, 1.807) is 7.11 Å². The van der Waals surface area contributed by atoms with E-state index in [1.807, 2.05) is 0 Å². The Balaban J connectivity index is 1.64. The minimum atomic E-state index is -0.917. The molecule has 3 fully saturated rings. The molecule has 24 heavy (non-hydrogen) atoms. The molecule has 2 saturated heterocycles. The lowest BCUT2D eigenvalue weighted by Gasteiger charge is -2.39. The van der Waals surface area contributed by atoms with Crippen LogP contribution in [0.3, 0.4) is 0 Å². The second-order valence-corrected chi connectivity index (χ2v) is 7.71. The number of benzene rings is 1. The van der Waals surface area contributed by atoms with Crippen LogP contribution in [0.5, 0.6) is 11.5 Å². The Morgan fingerprint density at radius 1 is 1.25 bits per heavy atom. The van der Waals surface area contributed by atoms with E-state index in [1.165, 1.54) is 0 Å². The minimum absolute atomic E-state index is 0.0167. The molecule has 5 heterocycles. The highest BCUT2D eigenvalue weighted by atomic mass is 16.7. The number of rotatable bonds is 1. The standard InChI is InChI=1S/C18H21NO5/c1-21-18-8-17-3-2-4-19(17)7-14(24-18)10-5-12-13(23-9-22-12)6-11(10)15(17)16(18)20/h5-6,14-16,20H,2-4,7-9H2,1H3/t14-,15+,16-,17-,18+/m0/s1. The molecule has 6 heteroatoms. The zero-order valence-corrected chi connectivity index (χ0v) is 13.7. The van der Waals surface area contributed by atoms with Crippen LogP contribution in [-0.4, -0.2) is 54.4 Å².